The molecule has 0 unspecified atom stereocenters. The van der Waals surface area contributed by atoms with Gasteiger partial charge in [0.2, 0.25) is 0 Å². The second kappa shape index (κ2) is 5.54. The number of ketones is 1. The van der Waals surface area contributed by atoms with Crippen LogP contribution in [0.3, 0.4) is 0 Å². The minimum Gasteiger partial charge on any atom is -0.295 e. The number of aryl methyl sites for hydroxylation is 1. The summed E-state index contributed by atoms with van der Waals surface area (Å²) in [5, 5.41) is 0.442. The summed E-state index contributed by atoms with van der Waals surface area (Å²) in [7, 11) is 0. The van der Waals surface area contributed by atoms with E-state index < -0.39 is 0 Å². The molecule has 1 nitrogen and oxygen atoms in total. The fourth-order valence-corrected chi connectivity index (χ4v) is 2.23. The van der Waals surface area contributed by atoms with Gasteiger partial charge in [-0.25, -0.2) is 4.39 Å². The zero-order valence-corrected chi connectivity index (χ0v) is 11.6. The number of Topliss-reactive ketones (excluding diaryl/α,β-unsaturated/α-hetero) is 1. The van der Waals surface area contributed by atoms with Crippen LogP contribution in [-0.2, 0) is 6.42 Å². The van der Waals surface area contributed by atoms with E-state index in [-0.39, 0.29) is 11.6 Å². The average Bonchev–Trinajstić information content (AvgIpc) is 2.39. The summed E-state index contributed by atoms with van der Waals surface area (Å²) in [6.45, 7) is 3.38. The van der Waals surface area contributed by atoms with Crippen molar-refractivity contribution in [3.63, 3.8) is 0 Å². The number of halogens is 2. The Labute approximate surface area is 117 Å². The molecule has 0 amide bonds. The maximum Gasteiger partial charge on any atom is 0.159 e. The number of carbonyl (C=O) groups is 1. The molecule has 0 bridgehead atoms. The topological polar surface area (TPSA) is 17.1 Å². The van der Waals surface area contributed by atoms with Crippen molar-refractivity contribution in [2.75, 3.05) is 0 Å². The predicted molar refractivity (Wildman–Crippen MR) is 76.2 cm³/mol. The van der Waals surface area contributed by atoms with Gasteiger partial charge in [0.1, 0.15) is 5.82 Å². The lowest BCUT2D eigenvalue weighted by Gasteiger charge is -2.10. The van der Waals surface area contributed by atoms with E-state index in [2.05, 4.69) is 0 Å². The van der Waals surface area contributed by atoms with Gasteiger partial charge in [-0.3, -0.25) is 4.79 Å². The highest BCUT2D eigenvalue weighted by Gasteiger charge is 2.13. The van der Waals surface area contributed by atoms with Crippen LogP contribution in [0.2, 0.25) is 5.02 Å². The molecule has 0 N–H and O–H groups in total. The van der Waals surface area contributed by atoms with Gasteiger partial charge in [-0.05, 0) is 37.1 Å². The third kappa shape index (κ3) is 2.69. The van der Waals surface area contributed by atoms with Gasteiger partial charge < -0.3 is 0 Å². The molecule has 0 heterocycles. The normalized spacial score (nSPS) is 10.5. The summed E-state index contributed by atoms with van der Waals surface area (Å²) >= 11 is 6.12. The summed E-state index contributed by atoms with van der Waals surface area (Å²) in [5.74, 6) is -0.336. The molecule has 2 aromatic rings. The van der Waals surface area contributed by atoms with Crippen molar-refractivity contribution in [1.82, 2.24) is 0 Å². The van der Waals surface area contributed by atoms with E-state index in [0.29, 0.717) is 33.7 Å². The predicted octanol–water partition coefficient (Wildman–Crippen LogP) is 4.91. The van der Waals surface area contributed by atoms with Crippen molar-refractivity contribution in [2.24, 2.45) is 0 Å². The second-order valence-electron chi connectivity index (χ2n) is 4.38. The minimum atomic E-state index is -0.271. The van der Waals surface area contributed by atoms with E-state index in [1.54, 1.807) is 36.4 Å². The largest absolute Gasteiger partial charge is 0.295 e. The van der Waals surface area contributed by atoms with E-state index in [4.69, 9.17) is 11.6 Å². The number of rotatable bonds is 3. The molecule has 0 aliphatic heterocycles. The Hall–Kier alpha value is -1.67. The fraction of sp³-hybridized carbons (Fsp3) is 0.188. The molecule has 0 saturated heterocycles. The third-order valence-electron chi connectivity index (χ3n) is 3.12. The highest BCUT2D eigenvalue weighted by Crippen LogP contribution is 2.32. The number of hydrogen-bond donors (Lipinski definition) is 0. The molecule has 0 aliphatic rings. The summed E-state index contributed by atoms with van der Waals surface area (Å²) in [6.07, 6.45) is 0.615. The van der Waals surface area contributed by atoms with Gasteiger partial charge in [-0.1, -0.05) is 36.7 Å². The van der Waals surface area contributed by atoms with E-state index in [0.717, 1.165) is 0 Å². The Morgan fingerprint density at radius 1 is 1.21 bits per heavy atom. The molecule has 0 fully saturated rings. The molecule has 0 aromatic heterocycles. The van der Waals surface area contributed by atoms with Gasteiger partial charge in [0.15, 0.2) is 5.78 Å². The lowest BCUT2D eigenvalue weighted by atomic mass is 9.98. The van der Waals surface area contributed by atoms with E-state index >= 15 is 0 Å². The molecule has 2 rings (SSSR count). The van der Waals surface area contributed by atoms with Crippen LogP contribution in [0.15, 0.2) is 36.4 Å². The van der Waals surface area contributed by atoms with Crippen LogP contribution in [0.5, 0.6) is 0 Å². The molecule has 0 spiro atoms. The SMILES string of the molecule is CCc1cccc(-c2cc(C(C)=O)ccc2Cl)c1F. The molecule has 2 aromatic carbocycles. The van der Waals surface area contributed by atoms with Crippen molar-refractivity contribution in [3.8, 4) is 11.1 Å². The van der Waals surface area contributed by atoms with E-state index in [1.165, 1.54) is 6.92 Å². The first-order valence-corrected chi connectivity index (χ1v) is 6.50. The molecule has 0 radical (unpaired) electrons. The first-order valence-electron chi connectivity index (χ1n) is 6.12. The molecular formula is C16H14ClFO. The van der Waals surface area contributed by atoms with E-state index in [9.17, 15) is 9.18 Å². The summed E-state index contributed by atoms with van der Waals surface area (Å²) in [5.41, 5.74) is 2.16. The lowest BCUT2D eigenvalue weighted by Crippen LogP contribution is -1.96. The van der Waals surface area contributed by atoms with Crippen molar-refractivity contribution in [2.45, 2.75) is 20.3 Å². The van der Waals surface area contributed by atoms with Crippen molar-refractivity contribution < 1.29 is 9.18 Å². The second-order valence-corrected chi connectivity index (χ2v) is 4.79. The van der Waals surface area contributed by atoms with Crippen LogP contribution in [0.4, 0.5) is 4.39 Å². The number of benzene rings is 2. The van der Waals surface area contributed by atoms with Gasteiger partial charge in [0.25, 0.3) is 0 Å². The van der Waals surface area contributed by atoms with Crippen LogP contribution in [0, 0.1) is 5.82 Å². The Kier molecular flexibility index (Phi) is 4.01. The van der Waals surface area contributed by atoms with Gasteiger partial charge in [-0.2, -0.15) is 0 Å². The summed E-state index contributed by atoms with van der Waals surface area (Å²) in [6, 6.07) is 10.2. The van der Waals surface area contributed by atoms with Crippen molar-refractivity contribution >= 4 is 17.4 Å². The quantitative estimate of drug-likeness (QED) is 0.728. The molecule has 19 heavy (non-hydrogen) atoms. The molecule has 0 atom stereocenters. The average molecular weight is 277 g/mol. The third-order valence-corrected chi connectivity index (χ3v) is 3.45. The molecule has 0 saturated carbocycles. The van der Waals surface area contributed by atoms with Crippen LogP contribution in [0.25, 0.3) is 11.1 Å². The molecule has 3 heteroatoms. The smallest absolute Gasteiger partial charge is 0.159 e. The fourth-order valence-electron chi connectivity index (χ4n) is 2.01. The van der Waals surface area contributed by atoms with Gasteiger partial charge in [0.05, 0.1) is 0 Å². The molecular weight excluding hydrogens is 263 g/mol. The Morgan fingerprint density at radius 3 is 2.58 bits per heavy atom. The molecule has 98 valence electrons. The molecule has 0 aliphatic carbocycles. The lowest BCUT2D eigenvalue weighted by molar-refractivity contribution is 0.101. The van der Waals surface area contributed by atoms with Crippen LogP contribution in [-0.4, -0.2) is 5.78 Å². The van der Waals surface area contributed by atoms with Crippen LogP contribution < -0.4 is 0 Å². The minimum absolute atomic E-state index is 0.0648. The number of hydrogen-bond acceptors (Lipinski definition) is 1. The Morgan fingerprint density at radius 2 is 1.95 bits per heavy atom. The highest BCUT2D eigenvalue weighted by molar-refractivity contribution is 6.33. The van der Waals surface area contributed by atoms with Crippen LogP contribution in [0.1, 0.15) is 29.8 Å². The van der Waals surface area contributed by atoms with Gasteiger partial charge in [-0.15, -0.1) is 0 Å². The van der Waals surface area contributed by atoms with Crippen LogP contribution >= 0.6 is 11.6 Å². The van der Waals surface area contributed by atoms with Crippen molar-refractivity contribution in [3.05, 3.63) is 58.4 Å². The van der Waals surface area contributed by atoms with Gasteiger partial charge >= 0.3 is 0 Å². The van der Waals surface area contributed by atoms with E-state index in [1.807, 2.05) is 6.92 Å². The zero-order valence-electron chi connectivity index (χ0n) is 10.8. The Bertz CT molecular complexity index is 635. The summed E-state index contributed by atoms with van der Waals surface area (Å²) < 4.78 is 14.3. The monoisotopic (exact) mass is 276 g/mol. The van der Waals surface area contributed by atoms with Crippen molar-refractivity contribution in [1.29, 1.82) is 0 Å². The first-order chi connectivity index (χ1) is 9.04. The maximum absolute atomic E-state index is 14.3. The Balaban J connectivity index is 2.64. The maximum atomic E-state index is 14.3. The zero-order chi connectivity index (χ0) is 14.0. The first kappa shape index (κ1) is 13.8. The van der Waals surface area contributed by atoms with Gasteiger partial charge in [0, 0.05) is 21.7 Å². The standard InChI is InChI=1S/C16H14ClFO/c1-3-11-5-4-6-13(16(11)18)14-9-12(10(2)19)7-8-15(14)17/h4-9H,3H2,1-2H3. The highest BCUT2D eigenvalue weighted by atomic mass is 35.5. The number of carbonyl (C=O) groups excluding carboxylic acids is 1. The summed E-state index contributed by atoms with van der Waals surface area (Å²) in [4.78, 5) is 11.4.